The number of hydrogen-bond acceptors (Lipinski definition) is 6. The number of carbonyl (C=O) groups excluding carboxylic acids is 3. The van der Waals surface area contributed by atoms with Gasteiger partial charge in [0, 0.05) is 37.8 Å². The number of amides is 3. The van der Waals surface area contributed by atoms with Gasteiger partial charge in [0.15, 0.2) is 5.17 Å². The molecule has 1 aliphatic heterocycles. The predicted octanol–water partition coefficient (Wildman–Crippen LogP) is 1.99. The normalized spacial score (nSPS) is 16.1. The summed E-state index contributed by atoms with van der Waals surface area (Å²) >= 11 is 1.32. The molecule has 0 aromatic heterocycles. The van der Waals surface area contributed by atoms with Crippen molar-refractivity contribution in [3.05, 3.63) is 29.8 Å². The van der Waals surface area contributed by atoms with Crippen LogP contribution in [0.4, 0.5) is 5.69 Å². The van der Waals surface area contributed by atoms with Gasteiger partial charge in [0.1, 0.15) is 5.25 Å². The lowest BCUT2D eigenvalue weighted by atomic mass is 10.2. The van der Waals surface area contributed by atoms with Crippen molar-refractivity contribution in [3.63, 3.8) is 0 Å². The van der Waals surface area contributed by atoms with Gasteiger partial charge in [-0.25, -0.2) is 5.06 Å². The Morgan fingerprint density at radius 2 is 2.00 bits per heavy atom. The zero-order valence-electron chi connectivity index (χ0n) is 15.9. The van der Waals surface area contributed by atoms with Crippen molar-refractivity contribution in [2.75, 3.05) is 32.6 Å². The van der Waals surface area contributed by atoms with Gasteiger partial charge in [0.2, 0.25) is 5.91 Å². The lowest BCUT2D eigenvalue weighted by molar-refractivity contribution is -0.121. The second-order valence-corrected chi connectivity index (χ2v) is 7.00. The number of rotatable bonds is 7. The van der Waals surface area contributed by atoms with Crippen molar-refractivity contribution >= 4 is 40.3 Å². The third-order valence-electron chi connectivity index (χ3n) is 4.09. The maximum Gasteiger partial charge on any atom is 0.277 e. The lowest BCUT2D eigenvalue weighted by Gasteiger charge is -2.19. The van der Waals surface area contributed by atoms with Crippen LogP contribution in [-0.2, 0) is 14.4 Å². The molecule has 0 aliphatic carbocycles. The quantitative estimate of drug-likeness (QED) is 0.714. The topological polar surface area (TPSA) is 91.3 Å². The molecule has 27 heavy (non-hydrogen) atoms. The Balaban J connectivity index is 1.97. The molecule has 1 aromatic carbocycles. The number of hydrogen-bond donors (Lipinski definition) is 1. The fourth-order valence-corrected chi connectivity index (χ4v) is 3.71. The van der Waals surface area contributed by atoms with Gasteiger partial charge in [-0.15, -0.1) is 0 Å². The van der Waals surface area contributed by atoms with E-state index in [2.05, 4.69) is 10.3 Å². The van der Waals surface area contributed by atoms with Crippen LogP contribution in [0.15, 0.2) is 29.3 Å². The summed E-state index contributed by atoms with van der Waals surface area (Å²) in [6, 6.07) is 6.55. The minimum absolute atomic E-state index is 0.0217. The van der Waals surface area contributed by atoms with Crippen LogP contribution in [0.1, 0.15) is 30.6 Å². The summed E-state index contributed by atoms with van der Waals surface area (Å²) in [5, 5.41) is 3.97. The van der Waals surface area contributed by atoms with E-state index in [1.165, 1.54) is 25.9 Å². The first-order chi connectivity index (χ1) is 12.9. The summed E-state index contributed by atoms with van der Waals surface area (Å²) in [4.78, 5) is 47.5. The van der Waals surface area contributed by atoms with Crippen molar-refractivity contribution in [3.8, 4) is 0 Å². The van der Waals surface area contributed by atoms with Crippen molar-refractivity contribution < 1.29 is 19.2 Å². The zero-order chi connectivity index (χ0) is 20.0. The standard InChI is InChI=1S/C18H24N4O4S/c1-5-22(6-2)18-20-16(24)14(27-18)11-15(23)19-13-9-7-8-12(10-13)17(25)21(3)26-4/h7-10,14H,5-6,11H2,1-4H3,(H,19,23). The van der Waals surface area contributed by atoms with Gasteiger partial charge in [0.05, 0.1) is 7.11 Å². The van der Waals surface area contributed by atoms with Crippen LogP contribution in [0.2, 0.25) is 0 Å². The SMILES string of the molecule is CCN(CC)C1=NC(=O)C(CC(=O)Nc2cccc(C(=O)N(C)OC)c2)S1. The Morgan fingerprint density at radius 1 is 1.30 bits per heavy atom. The van der Waals surface area contributed by atoms with Crippen LogP contribution in [0.3, 0.4) is 0 Å². The lowest BCUT2D eigenvalue weighted by Crippen LogP contribution is -2.28. The number of amidine groups is 1. The molecule has 1 aliphatic rings. The Hall–Kier alpha value is -2.39. The highest BCUT2D eigenvalue weighted by atomic mass is 32.2. The van der Waals surface area contributed by atoms with Crippen LogP contribution in [0.5, 0.6) is 0 Å². The highest BCUT2D eigenvalue weighted by molar-refractivity contribution is 8.15. The Bertz CT molecular complexity index is 749. The summed E-state index contributed by atoms with van der Waals surface area (Å²) < 4.78 is 0. The second-order valence-electron chi connectivity index (χ2n) is 5.83. The minimum atomic E-state index is -0.523. The van der Waals surface area contributed by atoms with Gasteiger partial charge >= 0.3 is 0 Å². The van der Waals surface area contributed by atoms with E-state index in [9.17, 15) is 14.4 Å². The highest BCUT2D eigenvalue weighted by Crippen LogP contribution is 2.27. The summed E-state index contributed by atoms with van der Waals surface area (Å²) in [6.07, 6.45) is 0.0217. The average molecular weight is 392 g/mol. The van der Waals surface area contributed by atoms with Crippen molar-refractivity contribution in [1.29, 1.82) is 0 Å². The maximum absolute atomic E-state index is 12.3. The smallest absolute Gasteiger partial charge is 0.277 e. The van der Waals surface area contributed by atoms with E-state index in [4.69, 9.17) is 4.84 Å². The first-order valence-electron chi connectivity index (χ1n) is 8.65. The summed E-state index contributed by atoms with van der Waals surface area (Å²) in [6.45, 7) is 5.50. The molecule has 1 N–H and O–H groups in total. The van der Waals surface area contributed by atoms with Crippen molar-refractivity contribution in [2.45, 2.75) is 25.5 Å². The molecule has 8 nitrogen and oxygen atoms in total. The van der Waals surface area contributed by atoms with E-state index < -0.39 is 5.25 Å². The number of hydroxylamine groups is 2. The number of anilines is 1. The van der Waals surface area contributed by atoms with Crippen molar-refractivity contribution in [1.82, 2.24) is 9.96 Å². The molecule has 146 valence electrons. The van der Waals surface area contributed by atoms with E-state index >= 15 is 0 Å². The van der Waals surface area contributed by atoms with Gasteiger partial charge in [-0.3, -0.25) is 19.2 Å². The van der Waals surface area contributed by atoms with E-state index in [1.54, 1.807) is 24.3 Å². The third kappa shape index (κ3) is 5.30. The Kier molecular flexibility index (Phi) is 7.37. The van der Waals surface area contributed by atoms with E-state index in [-0.39, 0.29) is 24.1 Å². The van der Waals surface area contributed by atoms with Gasteiger partial charge in [-0.1, -0.05) is 17.8 Å². The first-order valence-corrected chi connectivity index (χ1v) is 9.53. The molecule has 0 saturated carbocycles. The minimum Gasteiger partial charge on any atom is -0.352 e. The van der Waals surface area contributed by atoms with E-state index in [0.29, 0.717) is 16.4 Å². The van der Waals surface area contributed by atoms with Crippen LogP contribution < -0.4 is 5.32 Å². The number of thioether (sulfide) groups is 1. The predicted molar refractivity (Wildman–Crippen MR) is 106 cm³/mol. The summed E-state index contributed by atoms with van der Waals surface area (Å²) in [7, 11) is 2.90. The molecule has 0 bridgehead atoms. The zero-order valence-corrected chi connectivity index (χ0v) is 16.7. The second kappa shape index (κ2) is 9.52. The van der Waals surface area contributed by atoms with Gasteiger partial charge < -0.3 is 10.2 Å². The van der Waals surface area contributed by atoms with Gasteiger partial charge in [0.25, 0.3) is 11.8 Å². The maximum atomic E-state index is 12.3. The molecule has 0 spiro atoms. The number of nitrogens with one attached hydrogen (secondary N) is 1. The third-order valence-corrected chi connectivity index (χ3v) is 5.30. The fourth-order valence-electron chi connectivity index (χ4n) is 2.51. The van der Waals surface area contributed by atoms with E-state index in [0.717, 1.165) is 18.2 Å². The highest BCUT2D eigenvalue weighted by Gasteiger charge is 2.32. The number of benzene rings is 1. The van der Waals surface area contributed by atoms with Crippen LogP contribution in [0.25, 0.3) is 0 Å². The molecule has 9 heteroatoms. The number of aliphatic imine (C=N–C) groups is 1. The van der Waals surface area contributed by atoms with E-state index in [1.807, 2.05) is 18.7 Å². The largest absolute Gasteiger partial charge is 0.352 e. The summed E-state index contributed by atoms with van der Waals surface area (Å²) in [5.41, 5.74) is 0.867. The first kappa shape index (κ1) is 20.9. The molecule has 0 radical (unpaired) electrons. The van der Waals surface area contributed by atoms with Crippen LogP contribution >= 0.6 is 11.8 Å². The molecular formula is C18H24N4O4S. The molecule has 1 heterocycles. The van der Waals surface area contributed by atoms with Crippen molar-refractivity contribution in [2.24, 2.45) is 4.99 Å². The molecular weight excluding hydrogens is 368 g/mol. The molecule has 1 aromatic rings. The molecule has 2 rings (SSSR count). The molecule has 1 atom stereocenters. The molecule has 0 saturated heterocycles. The van der Waals surface area contributed by atoms with Crippen LogP contribution in [-0.4, -0.2) is 65.3 Å². The number of carbonyl (C=O) groups is 3. The molecule has 1 unspecified atom stereocenters. The molecule has 0 fully saturated rings. The monoisotopic (exact) mass is 392 g/mol. The summed E-state index contributed by atoms with van der Waals surface area (Å²) in [5.74, 6) is -0.920. The Labute approximate surface area is 162 Å². The van der Waals surface area contributed by atoms with Crippen LogP contribution in [0, 0.1) is 0 Å². The van der Waals surface area contributed by atoms with Gasteiger partial charge in [-0.05, 0) is 32.0 Å². The average Bonchev–Trinajstić information content (AvgIpc) is 3.01. The Morgan fingerprint density at radius 3 is 2.63 bits per heavy atom. The fraction of sp³-hybridized carbons (Fsp3) is 0.444. The molecule has 3 amide bonds. The van der Waals surface area contributed by atoms with Gasteiger partial charge in [-0.2, -0.15) is 4.99 Å². The number of nitrogens with zero attached hydrogens (tertiary/aromatic N) is 3.